The Balaban J connectivity index is 1.37. The highest BCUT2D eigenvalue weighted by Gasteiger charge is 2.29. The van der Waals surface area contributed by atoms with E-state index in [0.29, 0.717) is 17.5 Å². The van der Waals surface area contributed by atoms with Crippen molar-refractivity contribution in [1.82, 2.24) is 4.98 Å². The smallest absolute Gasteiger partial charge is 0.101 e. The molecule has 2 N–H and O–H groups in total. The van der Waals surface area contributed by atoms with Gasteiger partial charge in [-0.1, -0.05) is 6.92 Å². The second kappa shape index (κ2) is 8.92. The molecule has 5 rings (SSSR count). The summed E-state index contributed by atoms with van der Waals surface area (Å²) in [6.45, 7) is 6.27. The highest BCUT2D eigenvalue weighted by molar-refractivity contribution is 5.95. The van der Waals surface area contributed by atoms with Crippen LogP contribution >= 0.6 is 0 Å². The normalized spacial score (nSPS) is 23.0. The number of rotatable bonds is 4. The second-order valence-electron chi connectivity index (χ2n) is 9.67. The first-order valence-corrected chi connectivity index (χ1v) is 11.9. The molecule has 33 heavy (non-hydrogen) atoms. The molecule has 170 valence electrons. The molecule has 0 bridgehead atoms. The SMILES string of the molecule is C[C@H]1C[C@@H](N(C)c2ccc(N3CCC(N)C3)cc2)CN(c2ccc(C#N)c3ncccc23)C1. The predicted molar refractivity (Wildman–Crippen MR) is 136 cm³/mol. The number of benzene rings is 2. The quantitative estimate of drug-likeness (QED) is 0.661. The molecule has 6 heteroatoms. The lowest BCUT2D eigenvalue weighted by Gasteiger charge is -2.43. The third-order valence-corrected chi connectivity index (χ3v) is 7.24. The summed E-state index contributed by atoms with van der Waals surface area (Å²) in [7, 11) is 2.21. The molecule has 0 aliphatic carbocycles. The van der Waals surface area contributed by atoms with Crippen LogP contribution in [-0.4, -0.2) is 50.3 Å². The summed E-state index contributed by atoms with van der Waals surface area (Å²) in [5.41, 5.74) is 11.2. The topological polar surface area (TPSA) is 72.4 Å². The summed E-state index contributed by atoms with van der Waals surface area (Å²) in [4.78, 5) is 11.8. The van der Waals surface area contributed by atoms with Gasteiger partial charge in [-0.2, -0.15) is 5.26 Å². The molecule has 2 fully saturated rings. The van der Waals surface area contributed by atoms with Crippen molar-refractivity contribution in [3.05, 3.63) is 60.3 Å². The van der Waals surface area contributed by atoms with Crippen LogP contribution in [0.1, 0.15) is 25.3 Å². The molecule has 0 spiro atoms. The van der Waals surface area contributed by atoms with Gasteiger partial charge in [0.2, 0.25) is 0 Å². The standard InChI is InChI=1S/C27H32N6/c1-19-14-24(31(2)22-6-8-23(9-7-22)32-13-11-21(29)17-32)18-33(16-19)26-10-5-20(15-28)27-25(26)4-3-12-30-27/h3-10,12,19,21,24H,11,13-14,16-18,29H2,1-2H3/t19-,21?,24+/m0/s1. The van der Waals surface area contributed by atoms with Crippen molar-refractivity contribution in [2.75, 3.05) is 47.9 Å². The van der Waals surface area contributed by atoms with E-state index in [-0.39, 0.29) is 6.04 Å². The zero-order valence-electron chi connectivity index (χ0n) is 19.5. The van der Waals surface area contributed by atoms with Gasteiger partial charge in [0.25, 0.3) is 0 Å². The van der Waals surface area contributed by atoms with E-state index in [2.05, 4.69) is 76.1 Å². The van der Waals surface area contributed by atoms with Crippen LogP contribution in [-0.2, 0) is 0 Å². The van der Waals surface area contributed by atoms with Crippen LogP contribution < -0.4 is 20.4 Å². The van der Waals surface area contributed by atoms with Gasteiger partial charge in [-0.3, -0.25) is 4.98 Å². The van der Waals surface area contributed by atoms with Gasteiger partial charge >= 0.3 is 0 Å². The van der Waals surface area contributed by atoms with Gasteiger partial charge in [0, 0.05) is 74.0 Å². The molecule has 3 heterocycles. The van der Waals surface area contributed by atoms with E-state index in [4.69, 9.17) is 5.73 Å². The number of hydrogen-bond donors (Lipinski definition) is 1. The fourth-order valence-electron chi connectivity index (χ4n) is 5.45. The molecule has 2 aliphatic rings. The van der Waals surface area contributed by atoms with Crippen LogP contribution in [0.3, 0.4) is 0 Å². The number of likely N-dealkylation sites (N-methyl/N-ethyl adjacent to an activating group) is 1. The summed E-state index contributed by atoms with van der Waals surface area (Å²) in [5, 5.41) is 10.6. The van der Waals surface area contributed by atoms with Crippen molar-refractivity contribution in [3.63, 3.8) is 0 Å². The minimum Gasteiger partial charge on any atom is -0.370 e. The van der Waals surface area contributed by atoms with Crippen molar-refractivity contribution in [3.8, 4) is 6.07 Å². The summed E-state index contributed by atoms with van der Waals surface area (Å²) >= 11 is 0. The maximum atomic E-state index is 9.50. The number of nitrogens with two attached hydrogens (primary N) is 1. The Morgan fingerprint density at radius 2 is 1.88 bits per heavy atom. The number of nitrogens with zero attached hydrogens (tertiary/aromatic N) is 5. The molecule has 3 aromatic rings. The molecular formula is C27H32N6. The zero-order chi connectivity index (χ0) is 22.9. The van der Waals surface area contributed by atoms with Crippen molar-refractivity contribution >= 4 is 28.0 Å². The zero-order valence-corrected chi connectivity index (χ0v) is 19.5. The van der Waals surface area contributed by atoms with E-state index in [0.717, 1.165) is 49.9 Å². The molecule has 2 aliphatic heterocycles. The number of nitriles is 1. The van der Waals surface area contributed by atoms with E-state index in [1.807, 2.05) is 12.1 Å². The number of aromatic nitrogens is 1. The molecular weight excluding hydrogens is 408 g/mol. The fraction of sp³-hybridized carbons (Fsp3) is 0.407. The molecule has 2 aromatic carbocycles. The minimum atomic E-state index is 0.288. The van der Waals surface area contributed by atoms with Gasteiger partial charge in [-0.05, 0) is 67.3 Å². The Kier molecular flexibility index (Phi) is 5.82. The Bertz CT molecular complexity index is 1170. The van der Waals surface area contributed by atoms with Crippen molar-refractivity contribution in [1.29, 1.82) is 5.26 Å². The molecule has 6 nitrogen and oxygen atoms in total. The van der Waals surface area contributed by atoms with Gasteiger partial charge in [-0.15, -0.1) is 0 Å². The highest BCUT2D eigenvalue weighted by atomic mass is 15.2. The number of anilines is 3. The highest BCUT2D eigenvalue weighted by Crippen LogP contribution is 2.33. The predicted octanol–water partition coefficient (Wildman–Crippen LogP) is 4.00. The van der Waals surface area contributed by atoms with Crippen LogP contribution in [0.2, 0.25) is 0 Å². The van der Waals surface area contributed by atoms with Crippen LogP contribution in [0.5, 0.6) is 0 Å². The van der Waals surface area contributed by atoms with Crippen molar-refractivity contribution in [2.24, 2.45) is 11.7 Å². The molecule has 0 amide bonds. The number of piperidine rings is 1. The maximum Gasteiger partial charge on any atom is 0.101 e. The number of fused-ring (bicyclic) bond motifs is 1. The van der Waals surface area contributed by atoms with Crippen LogP contribution in [0.15, 0.2) is 54.7 Å². The lowest BCUT2D eigenvalue weighted by molar-refractivity contribution is 0.392. The van der Waals surface area contributed by atoms with Gasteiger partial charge in [0.1, 0.15) is 6.07 Å². The Hall–Kier alpha value is -3.30. The summed E-state index contributed by atoms with van der Waals surface area (Å²) in [6, 6.07) is 20.0. The van der Waals surface area contributed by atoms with Gasteiger partial charge in [0.05, 0.1) is 11.1 Å². The van der Waals surface area contributed by atoms with E-state index < -0.39 is 0 Å². The molecule has 0 radical (unpaired) electrons. The molecule has 3 atom stereocenters. The van der Waals surface area contributed by atoms with Crippen LogP contribution in [0.4, 0.5) is 17.1 Å². The van der Waals surface area contributed by atoms with E-state index in [9.17, 15) is 5.26 Å². The Morgan fingerprint density at radius 3 is 2.61 bits per heavy atom. The lowest BCUT2D eigenvalue weighted by Crippen LogP contribution is -2.49. The number of hydrogen-bond acceptors (Lipinski definition) is 6. The van der Waals surface area contributed by atoms with Gasteiger partial charge in [0.15, 0.2) is 0 Å². The first-order valence-electron chi connectivity index (χ1n) is 11.9. The second-order valence-corrected chi connectivity index (χ2v) is 9.67. The summed E-state index contributed by atoms with van der Waals surface area (Å²) < 4.78 is 0. The molecule has 1 unspecified atom stereocenters. The molecule has 0 saturated carbocycles. The average molecular weight is 441 g/mol. The van der Waals surface area contributed by atoms with Gasteiger partial charge in [-0.25, -0.2) is 0 Å². The third-order valence-electron chi connectivity index (χ3n) is 7.24. The van der Waals surface area contributed by atoms with E-state index in [1.54, 1.807) is 6.20 Å². The average Bonchev–Trinajstić information content (AvgIpc) is 3.28. The fourth-order valence-corrected chi connectivity index (χ4v) is 5.45. The maximum absolute atomic E-state index is 9.50. The summed E-state index contributed by atoms with van der Waals surface area (Å²) in [5.74, 6) is 0.568. The Morgan fingerprint density at radius 1 is 1.06 bits per heavy atom. The molecule has 2 saturated heterocycles. The Labute approximate surface area is 196 Å². The first-order chi connectivity index (χ1) is 16.0. The molecule has 1 aromatic heterocycles. The summed E-state index contributed by atoms with van der Waals surface area (Å²) in [6.07, 6.45) is 3.99. The largest absolute Gasteiger partial charge is 0.370 e. The van der Waals surface area contributed by atoms with Crippen LogP contribution in [0, 0.1) is 17.2 Å². The third kappa shape index (κ3) is 4.21. The monoisotopic (exact) mass is 440 g/mol. The number of pyridine rings is 1. The van der Waals surface area contributed by atoms with Crippen molar-refractivity contribution in [2.45, 2.75) is 31.8 Å². The van der Waals surface area contributed by atoms with Crippen LogP contribution in [0.25, 0.3) is 10.9 Å². The minimum absolute atomic E-state index is 0.288. The lowest BCUT2D eigenvalue weighted by atomic mass is 9.93. The first kappa shape index (κ1) is 21.5. The van der Waals surface area contributed by atoms with Crippen molar-refractivity contribution < 1.29 is 0 Å². The van der Waals surface area contributed by atoms with E-state index >= 15 is 0 Å². The van der Waals surface area contributed by atoms with Gasteiger partial charge < -0.3 is 20.4 Å². The van der Waals surface area contributed by atoms with E-state index in [1.165, 1.54) is 17.1 Å².